The normalized spacial score (nSPS) is 16.0. The van der Waals surface area contributed by atoms with Crippen molar-refractivity contribution < 1.29 is 43.9 Å². The maximum absolute atomic E-state index is 14.0. The monoisotopic (exact) mass is 645 g/mol. The van der Waals surface area contributed by atoms with E-state index in [1.807, 2.05) is 0 Å². The molecule has 0 radical (unpaired) electrons. The third-order valence-corrected chi connectivity index (χ3v) is 9.45. The van der Waals surface area contributed by atoms with Crippen LogP contribution >= 0.6 is 0 Å². The van der Waals surface area contributed by atoms with Crippen molar-refractivity contribution in [2.24, 2.45) is 0 Å². The number of aryl methyl sites for hydroxylation is 1. The maximum Gasteiger partial charge on any atom is 0.416 e. The number of hydrogen-bond acceptors (Lipinski definition) is 5. The molecule has 1 aliphatic heterocycles. The van der Waals surface area contributed by atoms with Crippen molar-refractivity contribution in [2.75, 3.05) is 41.4 Å². The molecule has 14 heteroatoms. The van der Waals surface area contributed by atoms with Crippen molar-refractivity contribution >= 4 is 27.2 Å². The summed E-state index contributed by atoms with van der Waals surface area (Å²) < 4.78 is 120. The number of carbonyl (C=O) groups is 1. The minimum atomic E-state index is -5.10. The van der Waals surface area contributed by atoms with Gasteiger partial charge in [-0.15, -0.1) is 0 Å². The van der Waals surface area contributed by atoms with E-state index >= 15 is 0 Å². The topological polar surface area (TPSA) is 70.6 Å². The number of aromatic nitrogens is 1. The van der Waals surface area contributed by atoms with Gasteiger partial charge < -0.3 is 9.80 Å². The number of nitrogens with zero attached hydrogens (tertiary/aromatic N) is 3. The summed E-state index contributed by atoms with van der Waals surface area (Å²) in [5, 5.41) is 0. The molecule has 2 aromatic carbocycles. The van der Waals surface area contributed by atoms with Crippen LogP contribution in [0.4, 0.5) is 42.2 Å². The van der Waals surface area contributed by atoms with E-state index in [4.69, 9.17) is 0 Å². The van der Waals surface area contributed by atoms with E-state index in [-0.39, 0.29) is 29.8 Å². The molecule has 1 aliphatic rings. The highest BCUT2D eigenvalue weighted by Gasteiger charge is 2.41. The Balaban J connectivity index is 1.82. The Labute approximate surface area is 250 Å². The molecule has 238 valence electrons. The van der Waals surface area contributed by atoms with Crippen molar-refractivity contribution in [3.05, 3.63) is 76.7 Å². The lowest BCUT2D eigenvalue weighted by Crippen LogP contribution is -2.42. The lowest BCUT2D eigenvalue weighted by Gasteiger charge is -2.32. The van der Waals surface area contributed by atoms with E-state index < -0.39 is 56.0 Å². The van der Waals surface area contributed by atoms with Crippen LogP contribution in [0, 0.1) is 12.7 Å². The first kappa shape index (κ1) is 33.2. The minimum absolute atomic E-state index is 0.0000945. The number of amides is 1. The van der Waals surface area contributed by atoms with Crippen molar-refractivity contribution in [3.63, 3.8) is 0 Å². The van der Waals surface area contributed by atoms with Gasteiger partial charge in [0.15, 0.2) is 9.84 Å². The second-order valence-electron chi connectivity index (χ2n) is 11.3. The third-order valence-electron chi connectivity index (χ3n) is 7.74. The SMILES string of the molecule is Cc1cc(F)ccc1-c1cc(N2CCCS(=O)(=O)CC2)ncc1N(C)C(=O)C(C)(C)c1cc(C(F)(F)F)cc(C(F)(F)F)c1. The van der Waals surface area contributed by atoms with Gasteiger partial charge in [0.25, 0.3) is 0 Å². The Hall–Kier alpha value is -3.68. The first-order valence-electron chi connectivity index (χ1n) is 13.5. The van der Waals surface area contributed by atoms with Crippen molar-refractivity contribution in [3.8, 4) is 11.1 Å². The zero-order valence-corrected chi connectivity index (χ0v) is 25.1. The Morgan fingerprint density at radius 2 is 1.45 bits per heavy atom. The summed E-state index contributed by atoms with van der Waals surface area (Å²) in [6.07, 6.45) is -8.50. The lowest BCUT2D eigenvalue weighted by atomic mass is 9.81. The average molecular weight is 646 g/mol. The van der Waals surface area contributed by atoms with Crippen LogP contribution in [-0.2, 0) is 32.4 Å². The quantitative estimate of drug-likeness (QED) is 0.286. The molecular formula is C30H30F7N3O3S. The molecular weight excluding hydrogens is 615 g/mol. The van der Waals surface area contributed by atoms with Crippen LogP contribution in [-0.4, -0.2) is 51.0 Å². The molecule has 1 saturated heterocycles. The number of rotatable bonds is 5. The van der Waals surface area contributed by atoms with Crippen LogP contribution < -0.4 is 9.80 Å². The molecule has 0 bridgehead atoms. The van der Waals surface area contributed by atoms with Crippen molar-refractivity contribution in [2.45, 2.75) is 45.0 Å². The number of likely N-dealkylation sites (N-methyl/N-ethyl adjacent to an activating group) is 1. The molecule has 0 spiro atoms. The van der Waals surface area contributed by atoms with Crippen LogP contribution in [0.2, 0.25) is 0 Å². The van der Waals surface area contributed by atoms with E-state index in [0.29, 0.717) is 47.6 Å². The zero-order valence-electron chi connectivity index (χ0n) is 24.3. The van der Waals surface area contributed by atoms with E-state index in [0.717, 1.165) is 4.90 Å². The predicted molar refractivity (Wildman–Crippen MR) is 153 cm³/mol. The summed E-state index contributed by atoms with van der Waals surface area (Å²) in [5.74, 6) is -1.04. The van der Waals surface area contributed by atoms with Gasteiger partial charge in [-0.1, -0.05) is 6.07 Å². The fraction of sp³-hybridized carbons (Fsp3) is 0.400. The summed E-state index contributed by atoms with van der Waals surface area (Å²) in [4.78, 5) is 21.2. The Kier molecular flexibility index (Phi) is 8.82. The number of alkyl halides is 6. The van der Waals surface area contributed by atoms with Crippen LogP contribution in [0.5, 0.6) is 0 Å². The summed E-state index contributed by atoms with van der Waals surface area (Å²) in [7, 11) is -1.92. The molecule has 44 heavy (non-hydrogen) atoms. The van der Waals surface area contributed by atoms with Crippen molar-refractivity contribution in [1.29, 1.82) is 0 Å². The number of anilines is 2. The Bertz CT molecular complexity index is 1650. The molecule has 0 N–H and O–H groups in total. The fourth-order valence-electron chi connectivity index (χ4n) is 5.16. The van der Waals surface area contributed by atoms with Crippen LogP contribution in [0.15, 0.2) is 48.7 Å². The molecule has 0 saturated carbocycles. The molecule has 3 aromatic rings. The molecule has 2 heterocycles. The summed E-state index contributed by atoms with van der Waals surface area (Å²) in [6, 6.07) is 6.62. The first-order chi connectivity index (χ1) is 20.2. The molecule has 0 aliphatic carbocycles. The van der Waals surface area contributed by atoms with Crippen LogP contribution in [0.1, 0.15) is 42.5 Å². The highest BCUT2D eigenvalue weighted by atomic mass is 32.2. The molecule has 0 unspecified atom stereocenters. The molecule has 1 amide bonds. The molecule has 1 fully saturated rings. The van der Waals surface area contributed by atoms with Crippen LogP contribution in [0.25, 0.3) is 11.1 Å². The minimum Gasteiger partial charge on any atom is -0.356 e. The number of pyridine rings is 1. The number of carbonyl (C=O) groups excluding carboxylic acids is 1. The third kappa shape index (κ3) is 7.00. The Morgan fingerprint density at radius 3 is 2.02 bits per heavy atom. The van der Waals surface area contributed by atoms with E-state index in [9.17, 15) is 43.9 Å². The van der Waals surface area contributed by atoms with E-state index in [2.05, 4.69) is 4.98 Å². The first-order valence-corrected chi connectivity index (χ1v) is 15.3. The van der Waals surface area contributed by atoms with Gasteiger partial charge in [0.2, 0.25) is 5.91 Å². The number of hydrogen-bond donors (Lipinski definition) is 0. The molecule has 6 nitrogen and oxygen atoms in total. The maximum atomic E-state index is 14.0. The summed E-state index contributed by atoms with van der Waals surface area (Å²) >= 11 is 0. The van der Waals surface area contributed by atoms with Crippen molar-refractivity contribution in [1.82, 2.24) is 4.98 Å². The van der Waals surface area contributed by atoms with Gasteiger partial charge in [-0.25, -0.2) is 17.8 Å². The summed E-state index contributed by atoms with van der Waals surface area (Å²) in [5.41, 5.74) is -3.94. The number of sulfone groups is 1. The smallest absolute Gasteiger partial charge is 0.356 e. The molecule has 4 rings (SSSR count). The van der Waals surface area contributed by atoms with Gasteiger partial charge in [-0.05, 0) is 80.3 Å². The van der Waals surface area contributed by atoms with E-state index in [1.54, 1.807) is 17.9 Å². The predicted octanol–water partition coefficient (Wildman–Crippen LogP) is 6.80. The molecule has 0 atom stereocenters. The van der Waals surface area contributed by atoms with Gasteiger partial charge in [0.05, 0.1) is 39.9 Å². The zero-order chi connectivity index (χ0) is 32.8. The highest BCUT2D eigenvalue weighted by molar-refractivity contribution is 7.91. The second-order valence-corrected chi connectivity index (χ2v) is 13.6. The second kappa shape index (κ2) is 11.7. The number of halogens is 7. The van der Waals surface area contributed by atoms with Gasteiger partial charge in [-0.3, -0.25) is 4.79 Å². The lowest BCUT2D eigenvalue weighted by molar-refractivity contribution is -0.143. The largest absolute Gasteiger partial charge is 0.416 e. The van der Waals surface area contributed by atoms with Gasteiger partial charge in [-0.2, -0.15) is 26.3 Å². The highest BCUT2D eigenvalue weighted by Crippen LogP contribution is 2.41. The number of benzene rings is 2. The van der Waals surface area contributed by atoms with Gasteiger partial charge in [0, 0.05) is 25.7 Å². The van der Waals surface area contributed by atoms with Gasteiger partial charge in [0.1, 0.15) is 11.6 Å². The Morgan fingerprint density at radius 1 is 0.864 bits per heavy atom. The molecule has 1 aromatic heterocycles. The standard InChI is InChI=1S/C30H30F7N3O3S/c1-18-12-22(31)6-7-23(18)24-16-26(40-8-5-10-44(42,43)11-9-40)38-17-25(24)39(4)27(41)28(2,3)19-13-20(29(32,33)34)15-21(14-19)30(35,36)37/h6-7,12-17H,5,8-11H2,1-4H3. The summed E-state index contributed by atoms with van der Waals surface area (Å²) in [6.45, 7) is 4.63. The average Bonchev–Trinajstić information content (AvgIpc) is 3.11. The van der Waals surface area contributed by atoms with Crippen LogP contribution in [0.3, 0.4) is 0 Å². The fourth-order valence-corrected chi connectivity index (χ4v) is 6.43. The van der Waals surface area contributed by atoms with E-state index in [1.165, 1.54) is 45.3 Å². The van der Waals surface area contributed by atoms with Gasteiger partial charge >= 0.3 is 12.4 Å².